The lowest BCUT2D eigenvalue weighted by Crippen LogP contribution is -2.35. The van der Waals surface area contributed by atoms with Crippen molar-refractivity contribution in [3.05, 3.63) is 29.8 Å². The molecule has 1 saturated carbocycles. The van der Waals surface area contributed by atoms with E-state index in [9.17, 15) is 8.42 Å². The molecular formula is C13H21IN4O2S. The third-order valence-corrected chi connectivity index (χ3v) is 4.81. The summed E-state index contributed by atoms with van der Waals surface area (Å²) < 4.78 is 25.4. The van der Waals surface area contributed by atoms with E-state index in [2.05, 4.69) is 9.71 Å². The van der Waals surface area contributed by atoms with E-state index in [-0.39, 0.29) is 28.9 Å². The van der Waals surface area contributed by atoms with E-state index < -0.39 is 10.0 Å². The quantitative estimate of drug-likeness (QED) is 0.422. The van der Waals surface area contributed by atoms with E-state index >= 15 is 0 Å². The first-order valence-electron chi connectivity index (χ1n) is 6.49. The highest BCUT2D eigenvalue weighted by Gasteiger charge is 2.27. The van der Waals surface area contributed by atoms with Crippen molar-refractivity contribution in [2.45, 2.75) is 30.3 Å². The Kier molecular flexibility index (Phi) is 6.41. The Bertz CT molecular complexity index is 597. The van der Waals surface area contributed by atoms with Gasteiger partial charge >= 0.3 is 0 Å². The largest absolute Gasteiger partial charge is 0.370 e. The van der Waals surface area contributed by atoms with Crippen molar-refractivity contribution in [3.8, 4) is 0 Å². The van der Waals surface area contributed by atoms with Crippen LogP contribution in [0.25, 0.3) is 0 Å². The average molecular weight is 424 g/mol. The molecule has 0 heterocycles. The van der Waals surface area contributed by atoms with E-state index in [1.54, 1.807) is 24.3 Å². The predicted octanol–water partition coefficient (Wildman–Crippen LogP) is 1.12. The summed E-state index contributed by atoms with van der Waals surface area (Å²) >= 11 is 0. The van der Waals surface area contributed by atoms with Crippen molar-refractivity contribution in [2.24, 2.45) is 10.7 Å². The minimum Gasteiger partial charge on any atom is -0.370 e. The highest BCUT2D eigenvalue weighted by molar-refractivity contribution is 14.0. The Balaban J connectivity index is 0.00000220. The van der Waals surface area contributed by atoms with Crippen LogP contribution >= 0.6 is 24.0 Å². The van der Waals surface area contributed by atoms with Crippen LogP contribution in [-0.4, -0.2) is 39.4 Å². The number of benzene rings is 1. The molecule has 0 unspecified atom stereocenters. The number of hydrogen-bond donors (Lipinski definition) is 2. The number of hydrogen-bond acceptors (Lipinski definition) is 3. The number of nitrogens with zero attached hydrogens (tertiary/aromatic N) is 2. The third-order valence-electron chi connectivity index (χ3n) is 3.38. The van der Waals surface area contributed by atoms with E-state index in [1.807, 2.05) is 11.9 Å². The first kappa shape index (κ1) is 18.2. The maximum Gasteiger partial charge on any atom is 0.240 e. The lowest BCUT2D eigenvalue weighted by molar-refractivity contribution is 0.487. The number of halogens is 1. The first-order chi connectivity index (χ1) is 9.44. The van der Waals surface area contributed by atoms with Crippen LogP contribution in [-0.2, 0) is 16.6 Å². The average Bonchev–Trinajstić information content (AvgIpc) is 3.29. The fourth-order valence-electron chi connectivity index (χ4n) is 1.82. The van der Waals surface area contributed by atoms with Gasteiger partial charge in [0.15, 0.2) is 5.96 Å². The minimum atomic E-state index is -3.38. The van der Waals surface area contributed by atoms with Crippen LogP contribution < -0.4 is 10.5 Å². The summed E-state index contributed by atoms with van der Waals surface area (Å²) in [6.45, 7) is 0.447. The van der Waals surface area contributed by atoms with Gasteiger partial charge in [0, 0.05) is 13.1 Å². The molecule has 0 spiro atoms. The Morgan fingerprint density at radius 1 is 1.38 bits per heavy atom. The number of nitrogens with two attached hydrogens (primary N) is 1. The molecule has 0 amide bonds. The summed E-state index contributed by atoms with van der Waals surface area (Å²) in [7, 11) is -0.0470. The van der Waals surface area contributed by atoms with Gasteiger partial charge in [-0.2, -0.15) is 0 Å². The van der Waals surface area contributed by atoms with E-state index in [0.29, 0.717) is 18.5 Å². The number of aliphatic imine (C=N–C) groups is 1. The maximum atomic E-state index is 11.6. The van der Waals surface area contributed by atoms with Crippen LogP contribution in [0.4, 0.5) is 0 Å². The fraction of sp³-hybridized carbons (Fsp3) is 0.462. The minimum absolute atomic E-state index is 0. The van der Waals surface area contributed by atoms with Crippen LogP contribution in [0.1, 0.15) is 18.4 Å². The van der Waals surface area contributed by atoms with Crippen molar-refractivity contribution >= 4 is 40.0 Å². The third kappa shape index (κ3) is 4.82. The summed E-state index contributed by atoms with van der Waals surface area (Å²) in [5.41, 5.74) is 6.82. The molecule has 118 valence electrons. The zero-order valence-corrected chi connectivity index (χ0v) is 15.3. The topological polar surface area (TPSA) is 87.8 Å². The van der Waals surface area contributed by atoms with Gasteiger partial charge in [0.25, 0.3) is 0 Å². The number of rotatable bonds is 5. The Morgan fingerprint density at radius 3 is 2.43 bits per heavy atom. The Labute approximate surface area is 142 Å². The van der Waals surface area contributed by atoms with Gasteiger partial charge in [-0.05, 0) is 37.6 Å². The number of sulfonamides is 1. The van der Waals surface area contributed by atoms with Crippen LogP contribution in [0.15, 0.2) is 34.2 Å². The molecule has 1 aliphatic rings. The van der Waals surface area contributed by atoms with Crippen molar-refractivity contribution in [1.29, 1.82) is 0 Å². The fourth-order valence-corrected chi connectivity index (χ4v) is 2.55. The molecule has 2 rings (SSSR count). The Hall–Kier alpha value is -0.870. The molecule has 1 aliphatic carbocycles. The summed E-state index contributed by atoms with van der Waals surface area (Å²) in [6.07, 6.45) is 2.34. The van der Waals surface area contributed by atoms with Crippen LogP contribution in [0.3, 0.4) is 0 Å². The van der Waals surface area contributed by atoms with Crippen LogP contribution in [0.5, 0.6) is 0 Å². The number of nitrogens with one attached hydrogen (secondary N) is 1. The second-order valence-corrected chi connectivity index (χ2v) is 6.75. The summed E-state index contributed by atoms with van der Waals surface area (Å²) in [5.74, 6) is 0.527. The maximum absolute atomic E-state index is 11.6. The lowest BCUT2D eigenvalue weighted by atomic mass is 10.2. The van der Waals surface area contributed by atoms with Gasteiger partial charge in [-0.15, -0.1) is 24.0 Å². The second-order valence-electron chi connectivity index (χ2n) is 4.87. The normalized spacial score (nSPS) is 15.4. The monoisotopic (exact) mass is 424 g/mol. The van der Waals surface area contributed by atoms with Gasteiger partial charge in [-0.3, -0.25) is 0 Å². The van der Waals surface area contributed by atoms with Gasteiger partial charge in [0.2, 0.25) is 10.0 Å². The molecule has 0 aromatic heterocycles. The van der Waals surface area contributed by atoms with Crippen LogP contribution in [0.2, 0.25) is 0 Å². The van der Waals surface area contributed by atoms with Crippen molar-refractivity contribution in [3.63, 3.8) is 0 Å². The van der Waals surface area contributed by atoms with Gasteiger partial charge in [-0.1, -0.05) is 12.1 Å². The first-order valence-corrected chi connectivity index (χ1v) is 7.97. The highest BCUT2D eigenvalue weighted by atomic mass is 127. The second kappa shape index (κ2) is 7.41. The molecular weight excluding hydrogens is 403 g/mol. The smallest absolute Gasteiger partial charge is 0.240 e. The van der Waals surface area contributed by atoms with Crippen LogP contribution in [0, 0.1) is 0 Å². The van der Waals surface area contributed by atoms with E-state index in [4.69, 9.17) is 5.73 Å². The van der Waals surface area contributed by atoms with Gasteiger partial charge in [0.05, 0.1) is 11.4 Å². The van der Waals surface area contributed by atoms with Crippen molar-refractivity contribution in [1.82, 2.24) is 9.62 Å². The van der Waals surface area contributed by atoms with E-state index in [1.165, 1.54) is 19.9 Å². The molecule has 8 heteroatoms. The molecule has 0 radical (unpaired) electrons. The summed E-state index contributed by atoms with van der Waals surface area (Å²) in [6, 6.07) is 7.16. The predicted molar refractivity (Wildman–Crippen MR) is 94.2 cm³/mol. The van der Waals surface area contributed by atoms with Crippen molar-refractivity contribution < 1.29 is 8.42 Å². The van der Waals surface area contributed by atoms with Gasteiger partial charge in [-0.25, -0.2) is 18.1 Å². The molecule has 1 aromatic rings. The SMILES string of the molecule is CNS(=O)(=O)c1ccc(CN=C(N)N(C)C2CC2)cc1.I. The Morgan fingerprint density at radius 2 is 1.95 bits per heavy atom. The van der Waals surface area contributed by atoms with Gasteiger partial charge < -0.3 is 10.6 Å². The molecule has 1 fully saturated rings. The standard InChI is InChI=1S/C13H20N4O2S.HI/c1-15-20(18,19)12-7-3-10(4-8-12)9-16-13(14)17(2)11-5-6-11;/h3-4,7-8,11,15H,5-6,9H2,1-2H3,(H2,14,16);1H. The molecule has 6 nitrogen and oxygen atoms in total. The molecule has 1 aromatic carbocycles. The molecule has 0 saturated heterocycles. The summed E-state index contributed by atoms with van der Waals surface area (Å²) in [5, 5.41) is 0. The molecule has 21 heavy (non-hydrogen) atoms. The zero-order valence-electron chi connectivity index (χ0n) is 12.1. The van der Waals surface area contributed by atoms with E-state index in [0.717, 1.165) is 5.56 Å². The molecule has 0 bridgehead atoms. The number of guanidine groups is 1. The molecule has 0 aliphatic heterocycles. The zero-order chi connectivity index (χ0) is 14.8. The lowest BCUT2D eigenvalue weighted by Gasteiger charge is -2.16. The molecule has 3 N–H and O–H groups in total. The van der Waals surface area contributed by atoms with Gasteiger partial charge in [0.1, 0.15) is 0 Å². The van der Waals surface area contributed by atoms with Crippen molar-refractivity contribution in [2.75, 3.05) is 14.1 Å². The highest BCUT2D eigenvalue weighted by Crippen LogP contribution is 2.24. The molecule has 0 atom stereocenters. The summed E-state index contributed by atoms with van der Waals surface area (Å²) in [4.78, 5) is 6.55.